The van der Waals surface area contributed by atoms with Gasteiger partial charge in [-0.05, 0) is 189 Å². The van der Waals surface area contributed by atoms with Gasteiger partial charge in [-0.15, -0.1) is 0 Å². The zero-order valence-corrected chi connectivity index (χ0v) is 64.7. The molecule has 4 saturated carbocycles. The second-order valence-corrected chi connectivity index (χ2v) is 35.8. The van der Waals surface area contributed by atoms with Crippen LogP contribution < -0.4 is 21.1 Å². The summed E-state index contributed by atoms with van der Waals surface area (Å²) in [6.07, 6.45) is 29.4. The number of carbonyl (C=O) groups is 1. The van der Waals surface area contributed by atoms with Gasteiger partial charge in [0.25, 0.3) is 5.56 Å². The van der Waals surface area contributed by atoms with Crippen LogP contribution in [0, 0.1) is 70.5 Å². The van der Waals surface area contributed by atoms with Crippen molar-refractivity contribution in [2.75, 3.05) is 96.8 Å². The summed E-state index contributed by atoms with van der Waals surface area (Å²) < 4.78 is 40.5. The number of ether oxygens (including phenoxy) is 4. The molecular weight excluding hydrogens is 1220 g/mol. The van der Waals surface area contributed by atoms with Gasteiger partial charge in [0.2, 0.25) is 0 Å². The molecule has 0 radical (unpaired) electrons. The van der Waals surface area contributed by atoms with Gasteiger partial charge in [0.15, 0.2) is 0 Å². The van der Waals surface area contributed by atoms with E-state index >= 15 is 0 Å². The normalized spacial score (nSPS) is 34.0. The number of carbonyl (C=O) groups excluding carboxylic acids is 1. The second-order valence-electron chi connectivity index (χ2n) is 35.8. The lowest BCUT2D eigenvalue weighted by Crippen LogP contribution is -2.51. The Morgan fingerprint density at radius 1 is 0.786 bits per heavy atom. The third-order valence-electron chi connectivity index (χ3n) is 26.8. The molecule has 5 aliphatic carbocycles. The number of rotatable bonds is 28. The van der Waals surface area contributed by atoms with Gasteiger partial charge in [0.1, 0.15) is 12.0 Å². The van der Waals surface area contributed by atoms with Crippen molar-refractivity contribution in [3.63, 3.8) is 0 Å². The van der Waals surface area contributed by atoms with Crippen molar-refractivity contribution >= 4 is 11.5 Å². The molecule has 0 aromatic carbocycles. The van der Waals surface area contributed by atoms with E-state index in [2.05, 4.69) is 138 Å². The van der Waals surface area contributed by atoms with Crippen molar-refractivity contribution in [1.29, 1.82) is 0 Å². The van der Waals surface area contributed by atoms with Crippen LogP contribution in [0.1, 0.15) is 262 Å². The summed E-state index contributed by atoms with van der Waals surface area (Å²) in [5.74, 6) is 7.06. The van der Waals surface area contributed by atoms with E-state index in [0.717, 1.165) is 190 Å². The van der Waals surface area contributed by atoms with E-state index in [1.165, 1.54) is 106 Å². The van der Waals surface area contributed by atoms with Crippen molar-refractivity contribution < 1.29 is 28.1 Å². The molecule has 3 saturated heterocycles. The molecule has 0 spiro atoms. The number of halogens is 1. The summed E-state index contributed by atoms with van der Waals surface area (Å²) in [5, 5.41) is 7.71. The molecule has 98 heavy (non-hydrogen) atoms. The van der Waals surface area contributed by atoms with Crippen LogP contribution in [0.25, 0.3) is 0 Å². The Morgan fingerprint density at radius 2 is 1.48 bits per heavy atom. The molecule has 558 valence electrons. The van der Waals surface area contributed by atoms with Crippen molar-refractivity contribution in [2.45, 2.75) is 311 Å². The number of nitrogens with zero attached hydrogens (tertiary/aromatic N) is 4. The monoisotopic (exact) mass is 1370 g/mol. The number of morpholine rings is 2. The number of nitrogens with one attached hydrogen (secondary N) is 3. The minimum Gasteiger partial charge on any atom is -0.375 e. The van der Waals surface area contributed by atoms with Crippen LogP contribution in [0.3, 0.4) is 0 Å². The van der Waals surface area contributed by atoms with E-state index in [-0.39, 0.29) is 52.6 Å². The molecule has 13 nitrogen and oxygen atoms in total. The SMILES string of the molecule is C=C(CC)N1CC(C)(C)C2=C1CC(CC1CCC(C)CC1)C(=O)C2CC.CCC(CC(C)N1CC(C)(C)c2[nH]c(=O)c(CC3CCC(F)CC3)cc21)C[C@@H](C)NCC(C)CN1CCO[C@H](COC2CCC(C3CCCCC3)C(OC[C@@H]3CN(CC4CN[C@H](C)CC4CC)CCO3)C2)C1. The lowest BCUT2D eigenvalue weighted by atomic mass is 9.67. The van der Waals surface area contributed by atoms with Gasteiger partial charge in [-0.25, -0.2) is 4.39 Å². The van der Waals surface area contributed by atoms with Crippen molar-refractivity contribution in [1.82, 2.24) is 30.3 Å². The Labute approximate surface area is 596 Å². The first-order chi connectivity index (χ1) is 47.0. The summed E-state index contributed by atoms with van der Waals surface area (Å²) in [6.45, 7) is 47.7. The van der Waals surface area contributed by atoms with Crippen LogP contribution in [0.4, 0.5) is 10.1 Å². The Balaban J connectivity index is 0.000000333. The minimum absolute atomic E-state index is 0.0499. The molecule has 14 heteroatoms. The Kier molecular flexibility index (Phi) is 28.9. The first-order valence-electron chi connectivity index (χ1n) is 41.3. The van der Waals surface area contributed by atoms with Gasteiger partial charge in [0, 0.05) is 122 Å². The van der Waals surface area contributed by atoms with Gasteiger partial charge in [0.05, 0.1) is 56.5 Å². The lowest BCUT2D eigenvalue weighted by Gasteiger charge is -2.43. The van der Waals surface area contributed by atoms with E-state index in [9.17, 15) is 14.0 Å². The maximum atomic E-state index is 13.9. The van der Waals surface area contributed by atoms with E-state index < -0.39 is 6.17 Å². The highest BCUT2D eigenvalue weighted by molar-refractivity contribution is 5.88. The molecule has 6 heterocycles. The number of H-pyrrole nitrogens is 1. The smallest absolute Gasteiger partial charge is 0.251 e. The quantitative estimate of drug-likeness (QED) is 0.0740. The number of Topliss-reactive ketones (excluding diaryl/α,β-unsaturated/α-hetero) is 1. The predicted octanol–water partition coefficient (Wildman–Crippen LogP) is 16.3. The number of aromatic nitrogens is 1. The second kappa shape index (κ2) is 36.3. The molecule has 5 aliphatic heterocycles. The molecule has 11 rings (SSSR count). The van der Waals surface area contributed by atoms with Gasteiger partial charge in [-0.3, -0.25) is 19.4 Å². The molecule has 7 fully saturated rings. The minimum atomic E-state index is -0.673. The zero-order chi connectivity index (χ0) is 69.8. The summed E-state index contributed by atoms with van der Waals surface area (Å²) in [7, 11) is 0. The van der Waals surface area contributed by atoms with Crippen molar-refractivity contribution in [2.24, 2.45) is 70.5 Å². The number of allylic oxidation sites excluding steroid dienone is 2. The molecule has 1 aromatic rings. The van der Waals surface area contributed by atoms with Gasteiger partial charge < -0.3 is 44.4 Å². The molecule has 0 amide bonds. The van der Waals surface area contributed by atoms with Gasteiger partial charge in [-0.2, -0.15) is 0 Å². The average molecular weight is 1370 g/mol. The fourth-order valence-corrected chi connectivity index (χ4v) is 20.9. The number of fused-ring (bicyclic) bond motifs is 1. The number of piperidine rings is 1. The third-order valence-corrected chi connectivity index (χ3v) is 26.8. The van der Waals surface area contributed by atoms with Crippen LogP contribution in [0.15, 0.2) is 34.4 Å². The molecule has 10 aliphatic rings. The first kappa shape index (κ1) is 77.9. The van der Waals surface area contributed by atoms with E-state index in [0.29, 0.717) is 73.6 Å². The Morgan fingerprint density at radius 3 is 2.17 bits per heavy atom. The zero-order valence-electron chi connectivity index (χ0n) is 64.7. The fraction of sp³-hybridized carbons (Fsp3) is 0.881. The number of aromatic amines is 1. The van der Waals surface area contributed by atoms with Gasteiger partial charge >= 0.3 is 0 Å². The molecule has 0 bridgehead atoms. The van der Waals surface area contributed by atoms with Gasteiger partial charge in [-0.1, -0.05) is 146 Å². The highest BCUT2D eigenvalue weighted by Gasteiger charge is 2.49. The summed E-state index contributed by atoms with van der Waals surface area (Å²) in [5.41, 5.74) is 7.31. The van der Waals surface area contributed by atoms with Crippen molar-refractivity contribution in [3.05, 3.63) is 51.2 Å². The summed E-state index contributed by atoms with van der Waals surface area (Å²) in [6, 6.07) is 3.64. The Hall–Kier alpha value is -2.69. The summed E-state index contributed by atoms with van der Waals surface area (Å²) >= 11 is 0. The Bertz CT molecular complexity index is 2730. The number of anilines is 1. The number of alkyl halides is 1. The highest BCUT2D eigenvalue weighted by Crippen LogP contribution is 2.53. The summed E-state index contributed by atoms with van der Waals surface area (Å²) in [4.78, 5) is 40.4. The molecule has 14 atom stereocenters. The number of hydrogen-bond donors (Lipinski definition) is 3. The number of pyridine rings is 1. The molecule has 3 N–H and O–H groups in total. The van der Waals surface area contributed by atoms with Crippen molar-refractivity contribution in [3.8, 4) is 0 Å². The fourth-order valence-electron chi connectivity index (χ4n) is 20.9. The van der Waals surface area contributed by atoms with E-state index in [4.69, 9.17) is 18.9 Å². The standard InChI is InChI=1S/C60H105FN6O5.C24H39NO/c1-9-45(28-44(6)67-40-60(7,8)58-56(67)30-49(59(68)64-58)29-46-16-18-51(61)19-17-46)26-42(4)62-32-41(3)34-65-22-24-69-53(36-65)38-71-52-20-21-55(48-14-12-11-13-15-48)57(31-52)72-39-54-37-66(23-25-70-54)35-50-33-63-43(5)27-47(50)10-2;1-7-17(4)25-15-24(5,6)22-20(8-2)23(26)19(14-21(22)25)13-18-11-9-16(3)10-12-18/h30,41-48,50-55,57,62-63H,9-29,31-40H2,1-8H3,(H,64,68);16,18-20H,4,7-15H2,1-3,5-6H3/t41?,42-,43-,44?,45?,46?,47?,50?,51?,52?,53+,54+,55?,57?;/m1./s1. The third kappa shape index (κ3) is 20.6. The predicted molar refractivity (Wildman–Crippen MR) is 402 cm³/mol. The average Bonchev–Trinajstić information content (AvgIpc) is 1.58. The maximum Gasteiger partial charge on any atom is 0.251 e. The van der Waals surface area contributed by atoms with Crippen LogP contribution in [-0.4, -0.2) is 166 Å². The number of ketones is 1. The van der Waals surface area contributed by atoms with Crippen LogP contribution >= 0.6 is 0 Å². The molecule has 10 unspecified atom stereocenters. The highest BCUT2D eigenvalue weighted by atomic mass is 19.1. The molecule has 1 aromatic heterocycles. The number of hydrogen-bond acceptors (Lipinski definition) is 12. The van der Waals surface area contributed by atoms with Crippen LogP contribution in [-0.2, 0) is 35.6 Å². The maximum absolute atomic E-state index is 13.9. The van der Waals surface area contributed by atoms with Crippen LogP contribution in [0.2, 0.25) is 0 Å². The molecular formula is C84H144FN7O6. The lowest BCUT2D eigenvalue weighted by molar-refractivity contribution is -0.140. The van der Waals surface area contributed by atoms with Crippen LogP contribution in [0.5, 0.6) is 0 Å². The largest absolute Gasteiger partial charge is 0.375 e. The topological polar surface area (TPSA) is 124 Å². The first-order valence-corrected chi connectivity index (χ1v) is 41.3. The van der Waals surface area contributed by atoms with E-state index in [1.54, 1.807) is 0 Å². The van der Waals surface area contributed by atoms with E-state index in [1.807, 2.05) is 0 Å².